The van der Waals surface area contributed by atoms with Crippen molar-refractivity contribution in [2.24, 2.45) is 5.92 Å². The zero-order valence-corrected chi connectivity index (χ0v) is 23.2. The smallest absolute Gasteiger partial charge is 0.293 e. The van der Waals surface area contributed by atoms with Crippen molar-refractivity contribution in [3.8, 4) is 5.69 Å². The first-order chi connectivity index (χ1) is 17.5. The lowest BCUT2D eigenvalue weighted by molar-refractivity contribution is -0.138. The number of aromatic nitrogens is 4. The van der Waals surface area contributed by atoms with Gasteiger partial charge in [0, 0.05) is 19.8 Å². The Hall–Kier alpha value is -3.05. The number of carbonyl (C=O) groups is 1. The molecule has 0 radical (unpaired) electrons. The van der Waals surface area contributed by atoms with Crippen LogP contribution in [0.1, 0.15) is 39.2 Å². The third kappa shape index (κ3) is 8.78. The number of anilines is 1. The minimum Gasteiger partial charge on any atom is -0.462 e. The average Bonchev–Trinajstić information content (AvgIpc) is 3.27. The van der Waals surface area contributed by atoms with E-state index >= 15 is 0 Å². The number of rotatable bonds is 8. The molecular weight excluding hydrogens is 492 g/mol. The van der Waals surface area contributed by atoms with Crippen molar-refractivity contribution in [1.82, 2.24) is 25.1 Å². The summed E-state index contributed by atoms with van der Waals surface area (Å²) < 4.78 is 29.1. The van der Waals surface area contributed by atoms with Gasteiger partial charge in [-0.3, -0.25) is 4.79 Å². The summed E-state index contributed by atoms with van der Waals surface area (Å²) in [4.78, 5) is 20.8. The summed E-state index contributed by atoms with van der Waals surface area (Å²) in [7, 11) is -0.890. The summed E-state index contributed by atoms with van der Waals surface area (Å²) in [5, 5.41) is 8.89. The molecule has 3 heterocycles. The van der Waals surface area contributed by atoms with Gasteiger partial charge in [-0.2, -0.15) is 5.10 Å². The Labute approximate surface area is 219 Å². The fourth-order valence-corrected chi connectivity index (χ4v) is 4.72. The van der Waals surface area contributed by atoms with E-state index < -0.39 is 9.84 Å². The second kappa shape index (κ2) is 12.5. The molecular formula is C26H38N6O4S. The summed E-state index contributed by atoms with van der Waals surface area (Å²) in [6.07, 6.45) is 7.55. The monoisotopic (exact) mass is 530 g/mol. The molecule has 1 aliphatic heterocycles. The summed E-state index contributed by atoms with van der Waals surface area (Å²) in [6, 6.07) is 7.79. The fraction of sp³-hybridized carbons (Fsp3) is 0.538. The highest BCUT2D eigenvalue weighted by molar-refractivity contribution is 7.90. The van der Waals surface area contributed by atoms with E-state index in [1.165, 1.54) is 19.1 Å². The normalized spacial score (nSPS) is 14.6. The zero-order valence-electron chi connectivity index (χ0n) is 22.3. The zero-order chi connectivity index (χ0) is 27.1. The maximum Gasteiger partial charge on any atom is 0.293 e. The molecule has 0 atom stereocenters. The summed E-state index contributed by atoms with van der Waals surface area (Å²) in [5.74, 6) is 1.71. The predicted molar refractivity (Wildman–Crippen MR) is 146 cm³/mol. The first-order valence-electron chi connectivity index (χ1n) is 12.5. The number of ether oxygens (including phenoxy) is 1. The van der Waals surface area contributed by atoms with Gasteiger partial charge in [0.25, 0.3) is 6.47 Å². The van der Waals surface area contributed by atoms with Crippen LogP contribution in [0.15, 0.2) is 36.8 Å². The van der Waals surface area contributed by atoms with Crippen molar-refractivity contribution < 1.29 is 17.9 Å². The molecule has 2 aromatic heterocycles. The minimum atomic E-state index is -2.97. The number of hydrogen-bond acceptors (Lipinski definition) is 9. The van der Waals surface area contributed by atoms with E-state index in [2.05, 4.69) is 37.1 Å². The molecule has 0 amide bonds. The van der Waals surface area contributed by atoms with Gasteiger partial charge in [0.15, 0.2) is 5.65 Å². The van der Waals surface area contributed by atoms with Gasteiger partial charge < -0.3 is 15.0 Å². The first-order valence-corrected chi connectivity index (χ1v) is 14.5. The van der Waals surface area contributed by atoms with Crippen molar-refractivity contribution in [1.29, 1.82) is 0 Å². The SMILES string of the molecule is CC(C)(C)OC=O.CN(CC1CCNCC1)c1ncnc2c1cnn2-c1ccc(CCS(C)(=O)=O)cc1. The van der Waals surface area contributed by atoms with Gasteiger partial charge in [0.05, 0.1) is 23.0 Å². The molecule has 1 aromatic carbocycles. The van der Waals surface area contributed by atoms with Gasteiger partial charge in [0.1, 0.15) is 27.6 Å². The molecule has 0 saturated carbocycles. The van der Waals surface area contributed by atoms with Crippen LogP contribution in [0.25, 0.3) is 16.7 Å². The highest BCUT2D eigenvalue weighted by atomic mass is 32.2. The molecule has 11 heteroatoms. The number of aryl methyl sites for hydroxylation is 1. The number of nitrogens with one attached hydrogen (secondary N) is 1. The first kappa shape index (κ1) is 28.5. The van der Waals surface area contributed by atoms with Crippen LogP contribution in [0.5, 0.6) is 0 Å². The molecule has 4 rings (SSSR count). The van der Waals surface area contributed by atoms with Crippen molar-refractivity contribution in [3.05, 3.63) is 42.4 Å². The molecule has 0 spiro atoms. The van der Waals surface area contributed by atoms with Gasteiger partial charge in [-0.15, -0.1) is 0 Å². The van der Waals surface area contributed by atoms with Gasteiger partial charge in [-0.25, -0.2) is 23.1 Å². The van der Waals surface area contributed by atoms with Gasteiger partial charge in [0.2, 0.25) is 0 Å². The van der Waals surface area contributed by atoms with E-state index in [1.54, 1.807) is 11.0 Å². The molecule has 1 aliphatic rings. The van der Waals surface area contributed by atoms with Crippen LogP contribution in [0.4, 0.5) is 5.82 Å². The van der Waals surface area contributed by atoms with E-state index in [-0.39, 0.29) is 11.4 Å². The number of fused-ring (bicyclic) bond motifs is 1. The molecule has 37 heavy (non-hydrogen) atoms. The Kier molecular flexibility index (Phi) is 9.61. The third-order valence-electron chi connectivity index (χ3n) is 6.04. The molecule has 1 saturated heterocycles. The standard InChI is InChI=1S/C21H28N6O2S.C5H10O2/c1-26(14-17-7-10-22-11-8-17)20-19-13-25-27(21(19)24-15-23-20)18-5-3-16(4-6-18)9-12-30(2,28)29;1-5(2,3)7-4-6/h3-6,13,15,17,22H,7-12,14H2,1-2H3;4H,1-3H3. The maximum atomic E-state index is 11.4. The summed E-state index contributed by atoms with van der Waals surface area (Å²) in [6.45, 7) is 9.05. The van der Waals surface area contributed by atoms with Crippen LogP contribution in [0.3, 0.4) is 0 Å². The van der Waals surface area contributed by atoms with Crippen LogP contribution in [0, 0.1) is 5.92 Å². The van der Waals surface area contributed by atoms with Crippen molar-refractivity contribution >= 4 is 33.2 Å². The van der Waals surface area contributed by atoms with E-state index in [4.69, 9.17) is 0 Å². The molecule has 1 N–H and O–H groups in total. The largest absolute Gasteiger partial charge is 0.462 e. The lowest BCUT2D eigenvalue weighted by atomic mass is 9.98. The number of benzene rings is 1. The number of piperidine rings is 1. The summed E-state index contributed by atoms with van der Waals surface area (Å²) >= 11 is 0. The predicted octanol–water partition coefficient (Wildman–Crippen LogP) is 2.80. The molecule has 0 aliphatic carbocycles. The van der Waals surface area contributed by atoms with Crippen LogP contribution in [0.2, 0.25) is 0 Å². The molecule has 1 fully saturated rings. The quantitative estimate of drug-likeness (QED) is 0.438. The van der Waals surface area contributed by atoms with Crippen LogP contribution in [-0.4, -0.2) is 78.9 Å². The average molecular weight is 531 g/mol. The Morgan fingerprint density at radius 3 is 2.41 bits per heavy atom. The van der Waals surface area contributed by atoms with Crippen LogP contribution >= 0.6 is 0 Å². The number of hydrogen-bond donors (Lipinski definition) is 1. The Morgan fingerprint density at radius 2 is 1.84 bits per heavy atom. The van der Waals surface area contributed by atoms with E-state index in [9.17, 15) is 13.2 Å². The third-order valence-corrected chi connectivity index (χ3v) is 6.99. The number of sulfone groups is 1. The van der Waals surface area contributed by atoms with Crippen molar-refractivity contribution in [3.63, 3.8) is 0 Å². The lowest BCUT2D eigenvalue weighted by Crippen LogP contribution is -2.34. The number of carbonyl (C=O) groups excluding carboxylic acids is 1. The fourth-order valence-electron chi connectivity index (χ4n) is 4.11. The Bertz CT molecular complexity index is 1260. The maximum absolute atomic E-state index is 11.4. The second-order valence-electron chi connectivity index (χ2n) is 10.4. The number of nitrogens with zero attached hydrogens (tertiary/aromatic N) is 5. The van der Waals surface area contributed by atoms with E-state index in [1.807, 2.05) is 51.2 Å². The van der Waals surface area contributed by atoms with E-state index in [0.29, 0.717) is 18.8 Å². The van der Waals surface area contributed by atoms with Gasteiger partial charge >= 0.3 is 0 Å². The molecule has 3 aromatic rings. The topological polar surface area (TPSA) is 119 Å². The van der Waals surface area contributed by atoms with Crippen LogP contribution in [-0.2, 0) is 25.8 Å². The highest BCUT2D eigenvalue weighted by Gasteiger charge is 2.19. The Balaban J connectivity index is 0.000000479. The molecule has 10 nitrogen and oxygen atoms in total. The molecule has 202 valence electrons. The van der Waals surface area contributed by atoms with Gasteiger partial charge in [-0.1, -0.05) is 12.1 Å². The summed E-state index contributed by atoms with van der Waals surface area (Å²) in [5.41, 5.74) is 2.32. The van der Waals surface area contributed by atoms with Crippen molar-refractivity contribution in [2.75, 3.05) is 43.6 Å². The van der Waals surface area contributed by atoms with Crippen molar-refractivity contribution in [2.45, 2.75) is 45.6 Å². The minimum absolute atomic E-state index is 0.150. The van der Waals surface area contributed by atoms with E-state index in [0.717, 1.165) is 47.7 Å². The lowest BCUT2D eigenvalue weighted by Gasteiger charge is -2.28. The highest BCUT2D eigenvalue weighted by Crippen LogP contribution is 2.25. The Morgan fingerprint density at radius 1 is 1.16 bits per heavy atom. The molecule has 0 bridgehead atoms. The van der Waals surface area contributed by atoms with Gasteiger partial charge in [-0.05, 0) is 76.7 Å². The molecule has 0 unspecified atom stereocenters. The second-order valence-corrected chi connectivity index (χ2v) is 12.7. The van der Waals surface area contributed by atoms with Crippen LogP contribution < -0.4 is 10.2 Å².